The molecule has 0 saturated heterocycles. The number of anilines is 2. The molecule has 0 fully saturated rings. The molecular weight excluding hydrogens is 318 g/mol. The summed E-state index contributed by atoms with van der Waals surface area (Å²) in [7, 11) is 0. The zero-order valence-electron chi connectivity index (χ0n) is 14.3. The van der Waals surface area contributed by atoms with Crippen LogP contribution in [0.25, 0.3) is 0 Å². The lowest BCUT2D eigenvalue weighted by Crippen LogP contribution is -2.16. The van der Waals surface area contributed by atoms with Gasteiger partial charge in [0.2, 0.25) is 5.91 Å². The van der Waals surface area contributed by atoms with Crippen molar-refractivity contribution in [1.82, 2.24) is 4.98 Å². The summed E-state index contributed by atoms with van der Waals surface area (Å²) in [6.07, 6.45) is 2.81. The summed E-state index contributed by atoms with van der Waals surface area (Å²) in [6, 6.07) is 10.1. The first-order valence-corrected chi connectivity index (χ1v) is 7.69. The molecular formula is C19H19N3O3. The third-order valence-corrected chi connectivity index (χ3v) is 3.42. The van der Waals surface area contributed by atoms with Crippen molar-refractivity contribution >= 4 is 29.1 Å². The Labute approximate surface area is 146 Å². The molecule has 6 nitrogen and oxygen atoms in total. The van der Waals surface area contributed by atoms with Gasteiger partial charge in [0.15, 0.2) is 5.78 Å². The van der Waals surface area contributed by atoms with Crippen molar-refractivity contribution in [3.05, 3.63) is 65.4 Å². The number of amides is 2. The molecule has 2 rings (SSSR count). The first-order chi connectivity index (χ1) is 11.8. The minimum absolute atomic E-state index is 0.0459. The lowest BCUT2D eigenvalue weighted by Gasteiger charge is -2.06. The molecule has 6 heteroatoms. The van der Waals surface area contributed by atoms with Gasteiger partial charge in [0.05, 0.1) is 0 Å². The van der Waals surface area contributed by atoms with Crippen molar-refractivity contribution < 1.29 is 14.4 Å². The molecule has 0 aliphatic rings. The largest absolute Gasteiger partial charge is 0.322 e. The van der Waals surface area contributed by atoms with Gasteiger partial charge in [0, 0.05) is 29.1 Å². The van der Waals surface area contributed by atoms with Crippen LogP contribution in [0.1, 0.15) is 29.8 Å². The van der Waals surface area contributed by atoms with Crippen LogP contribution in [0.3, 0.4) is 0 Å². The third-order valence-electron chi connectivity index (χ3n) is 3.42. The number of carbonyl (C=O) groups is 3. The summed E-state index contributed by atoms with van der Waals surface area (Å²) in [4.78, 5) is 39.4. The van der Waals surface area contributed by atoms with Gasteiger partial charge in [-0.25, -0.2) is 4.98 Å². The molecule has 1 aromatic carbocycles. The first-order valence-electron chi connectivity index (χ1n) is 7.69. The van der Waals surface area contributed by atoms with E-state index in [4.69, 9.17) is 0 Å². The van der Waals surface area contributed by atoms with Gasteiger partial charge < -0.3 is 10.6 Å². The fourth-order valence-corrected chi connectivity index (χ4v) is 2.05. The molecule has 2 aromatic rings. The highest BCUT2D eigenvalue weighted by atomic mass is 16.2. The van der Waals surface area contributed by atoms with Gasteiger partial charge in [0.1, 0.15) is 5.82 Å². The summed E-state index contributed by atoms with van der Waals surface area (Å²) < 4.78 is 0. The van der Waals surface area contributed by atoms with Gasteiger partial charge in [-0.2, -0.15) is 0 Å². The van der Waals surface area contributed by atoms with Gasteiger partial charge in [-0.3, -0.25) is 14.4 Å². The monoisotopic (exact) mass is 337 g/mol. The van der Waals surface area contributed by atoms with Crippen molar-refractivity contribution in [3.63, 3.8) is 0 Å². The number of carbonyl (C=O) groups excluding carboxylic acids is 3. The maximum absolute atomic E-state index is 12.1. The SMILES string of the molecule is CC(=O)c1ccc(NC(=O)/C(C)=C\C(=O)Nc2cc(C)ccn2)cc1. The average molecular weight is 337 g/mol. The van der Waals surface area contributed by atoms with Gasteiger partial charge in [-0.15, -0.1) is 0 Å². The van der Waals surface area contributed by atoms with E-state index in [1.54, 1.807) is 43.5 Å². The van der Waals surface area contributed by atoms with Gasteiger partial charge in [0.25, 0.3) is 5.91 Å². The van der Waals surface area contributed by atoms with Crippen LogP contribution in [0.4, 0.5) is 11.5 Å². The van der Waals surface area contributed by atoms with Crippen LogP contribution in [0, 0.1) is 6.92 Å². The topological polar surface area (TPSA) is 88.2 Å². The number of benzene rings is 1. The summed E-state index contributed by atoms with van der Waals surface area (Å²) in [5.41, 5.74) is 2.33. The van der Waals surface area contributed by atoms with Crippen LogP contribution < -0.4 is 10.6 Å². The zero-order valence-corrected chi connectivity index (χ0v) is 14.3. The number of nitrogens with zero attached hydrogens (tertiary/aromatic N) is 1. The molecule has 0 bridgehead atoms. The normalized spacial score (nSPS) is 10.9. The number of nitrogens with one attached hydrogen (secondary N) is 2. The Kier molecular flexibility index (Phi) is 5.79. The predicted octanol–water partition coefficient (Wildman–Crippen LogP) is 3.12. The van der Waals surface area contributed by atoms with Crippen molar-refractivity contribution in [2.75, 3.05) is 10.6 Å². The quantitative estimate of drug-likeness (QED) is 0.648. The second-order valence-corrected chi connectivity index (χ2v) is 5.62. The summed E-state index contributed by atoms with van der Waals surface area (Å²) >= 11 is 0. The van der Waals surface area contributed by atoms with E-state index < -0.39 is 11.8 Å². The van der Waals surface area contributed by atoms with E-state index >= 15 is 0 Å². The molecule has 2 N–H and O–H groups in total. The van der Waals surface area contributed by atoms with Crippen LogP contribution in [0.5, 0.6) is 0 Å². The summed E-state index contributed by atoms with van der Waals surface area (Å²) in [5.74, 6) is -0.453. The Morgan fingerprint density at radius 3 is 2.28 bits per heavy atom. The lowest BCUT2D eigenvalue weighted by atomic mass is 10.1. The number of Topliss-reactive ketones (excluding diaryl/α,β-unsaturated/α-hetero) is 1. The smallest absolute Gasteiger partial charge is 0.251 e. The van der Waals surface area contributed by atoms with Gasteiger partial charge >= 0.3 is 0 Å². The minimum Gasteiger partial charge on any atom is -0.322 e. The third kappa shape index (κ3) is 5.39. The Bertz CT molecular complexity index is 839. The molecule has 0 aliphatic heterocycles. The van der Waals surface area contributed by atoms with Crippen molar-refractivity contribution in [2.45, 2.75) is 20.8 Å². The highest BCUT2D eigenvalue weighted by Gasteiger charge is 2.08. The Hall–Kier alpha value is -3.28. The number of hydrogen-bond acceptors (Lipinski definition) is 4. The number of hydrogen-bond donors (Lipinski definition) is 2. The number of ketones is 1. The van der Waals surface area contributed by atoms with Crippen LogP contribution in [-0.2, 0) is 9.59 Å². The number of rotatable bonds is 5. The number of aryl methyl sites for hydroxylation is 1. The maximum atomic E-state index is 12.1. The van der Waals surface area contributed by atoms with E-state index in [0.29, 0.717) is 17.1 Å². The van der Waals surface area contributed by atoms with E-state index in [2.05, 4.69) is 15.6 Å². The summed E-state index contributed by atoms with van der Waals surface area (Å²) in [5, 5.41) is 5.28. The van der Waals surface area contributed by atoms with E-state index in [1.165, 1.54) is 13.0 Å². The lowest BCUT2D eigenvalue weighted by molar-refractivity contribution is -0.114. The molecule has 0 spiro atoms. The van der Waals surface area contributed by atoms with Crippen molar-refractivity contribution in [2.24, 2.45) is 0 Å². The zero-order chi connectivity index (χ0) is 18.4. The Morgan fingerprint density at radius 2 is 1.68 bits per heavy atom. The molecule has 0 radical (unpaired) electrons. The highest BCUT2D eigenvalue weighted by Crippen LogP contribution is 2.11. The Balaban J connectivity index is 1.99. The van der Waals surface area contributed by atoms with E-state index in [9.17, 15) is 14.4 Å². The van der Waals surface area contributed by atoms with Crippen molar-refractivity contribution in [3.8, 4) is 0 Å². The van der Waals surface area contributed by atoms with Crippen LogP contribution in [0.2, 0.25) is 0 Å². The average Bonchev–Trinajstić information content (AvgIpc) is 2.55. The fourth-order valence-electron chi connectivity index (χ4n) is 2.05. The van der Waals surface area contributed by atoms with Crippen LogP contribution in [0.15, 0.2) is 54.2 Å². The fraction of sp³-hybridized carbons (Fsp3) is 0.158. The molecule has 25 heavy (non-hydrogen) atoms. The maximum Gasteiger partial charge on any atom is 0.251 e. The van der Waals surface area contributed by atoms with Gasteiger partial charge in [-0.1, -0.05) is 0 Å². The van der Waals surface area contributed by atoms with Gasteiger partial charge in [-0.05, 0) is 62.7 Å². The highest BCUT2D eigenvalue weighted by molar-refractivity contribution is 6.09. The molecule has 128 valence electrons. The minimum atomic E-state index is -0.433. The first kappa shape index (κ1) is 18.1. The van der Waals surface area contributed by atoms with E-state index in [1.807, 2.05) is 13.0 Å². The molecule has 2 amide bonds. The standard InChI is InChI=1S/C19H19N3O3/c1-12-8-9-20-17(10-12)22-18(24)11-13(2)19(25)21-16-6-4-15(5-7-16)14(3)23/h4-11H,1-3H3,(H,21,25)(H,20,22,24)/b13-11-. The Morgan fingerprint density at radius 1 is 1.00 bits per heavy atom. The molecule has 1 heterocycles. The van der Waals surface area contributed by atoms with Crippen molar-refractivity contribution in [1.29, 1.82) is 0 Å². The molecule has 1 aromatic heterocycles. The predicted molar refractivity (Wildman–Crippen MR) is 96.4 cm³/mol. The van der Waals surface area contributed by atoms with E-state index in [0.717, 1.165) is 5.56 Å². The molecule has 0 saturated carbocycles. The number of aromatic nitrogens is 1. The molecule has 0 unspecified atom stereocenters. The number of pyridine rings is 1. The molecule has 0 atom stereocenters. The second-order valence-electron chi connectivity index (χ2n) is 5.62. The van der Waals surface area contributed by atoms with Crippen LogP contribution >= 0.6 is 0 Å². The molecule has 0 aliphatic carbocycles. The summed E-state index contributed by atoms with van der Waals surface area (Å²) in [6.45, 7) is 4.91. The second kappa shape index (κ2) is 8.01. The van der Waals surface area contributed by atoms with Crippen LogP contribution in [-0.4, -0.2) is 22.6 Å². The van der Waals surface area contributed by atoms with E-state index in [-0.39, 0.29) is 11.4 Å².